The Balaban J connectivity index is 0.000000191. The number of rotatable bonds is 20. The van der Waals surface area contributed by atoms with E-state index in [1.807, 2.05) is 121 Å². The number of ether oxygens (including phenoxy) is 6. The highest BCUT2D eigenvalue weighted by Crippen LogP contribution is 2.56. The van der Waals surface area contributed by atoms with E-state index in [1.54, 1.807) is 67.2 Å². The van der Waals surface area contributed by atoms with Crippen LogP contribution in [-0.2, 0) is 74.1 Å². The molecule has 10 heterocycles. The minimum absolute atomic E-state index is 0. The zero-order valence-corrected chi connectivity index (χ0v) is 68.8. The Kier molecular flexibility index (Phi) is 26.0. The van der Waals surface area contributed by atoms with Crippen molar-refractivity contribution < 1.29 is 98.8 Å². The number of amides is 4. The van der Waals surface area contributed by atoms with Crippen LogP contribution in [0.15, 0.2) is 194 Å². The predicted molar refractivity (Wildman–Crippen MR) is 462 cm³/mol. The van der Waals surface area contributed by atoms with Gasteiger partial charge in [-0.3, -0.25) is 0 Å². The number of hydrogen-bond acceptors (Lipinski definition) is 17. The zero-order valence-electron chi connectivity index (χ0n) is 70.8. The van der Waals surface area contributed by atoms with E-state index in [1.165, 1.54) is 48.5 Å². The summed E-state index contributed by atoms with van der Waals surface area (Å²) in [5, 5.41) is 69.4. The standard InChI is InChI=1S/C48H52F2N4O8.C48H50F2N4O8.CH4.H2/c2*1-28-43(55)44(56)45(57)46(62-28)54-40-23-32(50)17-19-36(40)38(25-34-15-9-21-53(34)48(59)61-27-30-12-6-3-7-13-30)42(54)41-37(35-18-16-31(49)22-39(35)51-41)24-33-14-8-20-52(33)47(58)60-26-29-10-4-2-5-11-29;;/h2-7,10-13,16-19,22-23,28,33-34,38,42-46,51,55-57H,8-9,14-15,20-21,24-27H2,1H3;2-7,10-13,16-19,22-23,28,33-34,43-46,51,55-57H,8-9,14-15,20-21,24-27H2,1H3;1H4;1H/t28-,33-,34-,38?,42?,43+,44+,45-,46-;28-,33-,34-,43+,44+,45-,46-;;/m00../s1/i;;;1+1D. The predicted octanol–water partition coefficient (Wildman–Crippen LogP) is 16.1. The van der Waals surface area contributed by atoms with Crippen molar-refractivity contribution in [3.8, 4) is 11.4 Å². The number of fused-ring (bicyclic) bond motifs is 4. The van der Waals surface area contributed by atoms with Gasteiger partial charge < -0.3 is 98.1 Å². The second kappa shape index (κ2) is 37.8. The number of aliphatic hydroxyl groups excluding tert-OH is 6. The number of aliphatic hydroxyl groups is 6. The molecule has 7 aliphatic heterocycles. The molecule has 7 aliphatic rings. The molecule has 0 spiro atoms. The van der Waals surface area contributed by atoms with Crippen LogP contribution >= 0.6 is 0 Å². The minimum atomic E-state index is -1.66. The number of carbonyl (C=O) groups excluding carboxylic acids is 4. The average molecular weight is 1720 g/mol. The molecule has 2 unspecified atom stereocenters. The van der Waals surface area contributed by atoms with Crippen LogP contribution < -0.4 is 4.90 Å². The van der Waals surface area contributed by atoms with Crippen LogP contribution in [0.25, 0.3) is 44.1 Å². The molecule has 0 radical (unpaired) electrons. The number of likely N-dealkylation sites (tertiary alicyclic amines) is 4. The van der Waals surface area contributed by atoms with Crippen LogP contribution in [0, 0.1) is 23.3 Å². The molecule has 18 rings (SSSR count). The van der Waals surface area contributed by atoms with Gasteiger partial charge in [0.25, 0.3) is 0 Å². The first-order valence-electron chi connectivity index (χ1n) is 43.9. The molecule has 6 saturated heterocycles. The van der Waals surface area contributed by atoms with E-state index in [0.29, 0.717) is 133 Å². The van der Waals surface area contributed by atoms with Crippen molar-refractivity contribution in [3.63, 3.8) is 0 Å². The molecule has 8 N–H and O–H groups in total. The smallest absolute Gasteiger partial charge is 0.410 e. The van der Waals surface area contributed by atoms with Crippen molar-refractivity contribution in [1.82, 2.24) is 34.1 Å². The number of aromatic nitrogens is 3. The molecule has 125 heavy (non-hydrogen) atoms. The normalized spacial score (nSPS) is 25.5. The van der Waals surface area contributed by atoms with Gasteiger partial charge in [0.2, 0.25) is 0 Å². The summed E-state index contributed by atoms with van der Waals surface area (Å²) in [6, 6.07) is 53.6. The molecule has 0 saturated carbocycles. The monoisotopic (exact) mass is 1720 g/mol. The Morgan fingerprint density at radius 1 is 0.432 bits per heavy atom. The van der Waals surface area contributed by atoms with Crippen LogP contribution in [0.2, 0.25) is 0 Å². The number of halogens is 4. The molecule has 16 atom stereocenters. The van der Waals surface area contributed by atoms with E-state index in [-0.39, 0.29) is 64.4 Å². The van der Waals surface area contributed by atoms with Gasteiger partial charge in [-0.15, -0.1) is 0 Å². The molecule has 11 aromatic rings. The Morgan fingerprint density at radius 2 is 0.808 bits per heavy atom. The van der Waals surface area contributed by atoms with E-state index in [9.17, 15) is 49.8 Å². The van der Waals surface area contributed by atoms with Crippen LogP contribution in [-0.4, -0.2) is 195 Å². The van der Waals surface area contributed by atoms with E-state index >= 15 is 17.6 Å². The quantitative estimate of drug-likeness (QED) is 0.0260. The van der Waals surface area contributed by atoms with Gasteiger partial charge in [-0.25, -0.2) is 36.7 Å². The van der Waals surface area contributed by atoms with Gasteiger partial charge in [0.1, 0.15) is 86.3 Å². The Bertz CT molecular complexity index is 5650. The highest BCUT2D eigenvalue weighted by molar-refractivity contribution is 5.97. The van der Waals surface area contributed by atoms with Gasteiger partial charge in [-0.1, -0.05) is 135 Å². The largest absolute Gasteiger partial charge is 0.445 e. The van der Waals surface area contributed by atoms with Gasteiger partial charge in [0, 0.05) is 97.8 Å². The van der Waals surface area contributed by atoms with E-state index in [2.05, 4.69) is 9.97 Å². The molecular weight excluding hydrogens is 1610 g/mol. The molecule has 660 valence electrons. The molecule has 0 aliphatic carbocycles. The summed E-state index contributed by atoms with van der Waals surface area (Å²) < 4.78 is 109. The Labute approximate surface area is 724 Å². The number of anilines is 1. The van der Waals surface area contributed by atoms with E-state index in [4.69, 9.17) is 31.4 Å². The van der Waals surface area contributed by atoms with Crippen molar-refractivity contribution in [1.29, 1.82) is 0 Å². The summed E-state index contributed by atoms with van der Waals surface area (Å²) in [6.07, 6.45) is -8.52. The second-order valence-electron chi connectivity index (χ2n) is 33.8. The lowest BCUT2D eigenvalue weighted by molar-refractivity contribution is -0.238. The molecule has 4 amide bonds. The van der Waals surface area contributed by atoms with Gasteiger partial charge in [0.05, 0.1) is 35.2 Å². The van der Waals surface area contributed by atoms with Crippen LogP contribution in [0.5, 0.6) is 0 Å². The average Bonchev–Trinajstić information content (AvgIpc) is 1.57. The lowest BCUT2D eigenvalue weighted by Gasteiger charge is -2.46. The van der Waals surface area contributed by atoms with Crippen LogP contribution in [0.1, 0.15) is 150 Å². The summed E-state index contributed by atoms with van der Waals surface area (Å²) in [5.41, 5.74) is 9.75. The highest BCUT2D eigenvalue weighted by atomic mass is 19.1. The molecular formula is C97H108F4N8O16. The van der Waals surface area contributed by atoms with Crippen molar-refractivity contribution >= 4 is 62.8 Å². The number of nitrogens with one attached hydrogen (secondary N) is 2. The van der Waals surface area contributed by atoms with E-state index in [0.717, 1.165) is 63.6 Å². The zero-order chi connectivity index (χ0) is 88.1. The van der Waals surface area contributed by atoms with Crippen molar-refractivity contribution in [2.24, 2.45) is 0 Å². The first-order chi connectivity index (χ1) is 61.1. The summed E-state index contributed by atoms with van der Waals surface area (Å²) >= 11 is 0. The third-order valence-corrected chi connectivity index (χ3v) is 26.0. The third-order valence-electron chi connectivity index (χ3n) is 26.0. The number of benzene rings is 8. The van der Waals surface area contributed by atoms with Gasteiger partial charge in [-0.05, 0) is 202 Å². The summed E-state index contributed by atoms with van der Waals surface area (Å²) in [4.78, 5) is 70.6. The maximum Gasteiger partial charge on any atom is 0.410 e. The van der Waals surface area contributed by atoms with Gasteiger partial charge >= 0.3 is 24.4 Å². The fourth-order valence-electron chi connectivity index (χ4n) is 19.8. The molecule has 3 aromatic heterocycles. The molecule has 0 bridgehead atoms. The van der Waals surface area contributed by atoms with Crippen LogP contribution in [0.3, 0.4) is 0 Å². The maximum atomic E-state index is 15.5. The number of H-pyrrole nitrogens is 2. The lowest BCUT2D eigenvalue weighted by Crippen LogP contribution is -2.62. The summed E-state index contributed by atoms with van der Waals surface area (Å²) in [7, 11) is 0. The Hall–Kier alpha value is -11.3. The molecule has 24 nitrogen and oxygen atoms in total. The minimum Gasteiger partial charge on any atom is -0.445 e. The SMILES string of the molecule is C.C[C@@H]1O[C@H](N2c3cc(F)ccc3C(C[C@@H]3CCCN3C(=O)OCc3ccccc3)C2c2[nH]c3cc(F)ccc3c2C[C@@H]2CCCN2C(=O)OCc2ccccc2)[C@@H](O)[C@H](O)[C@@H]1O.C[C@@H]1O[C@H](n2c(-c3[nH]c4cc(F)ccc4c3C[C@@H]3CCCN3C(=O)OCc3ccccc3)c(C[C@@H]3CCCN3C(=O)OCc3ccccc3)c3ccc(F)cc32)[C@@H](O)[C@H](O)[C@@H]1O.[2H][2H]. The lowest BCUT2D eigenvalue weighted by atomic mass is 9.84. The molecule has 8 aromatic carbocycles. The molecule has 6 fully saturated rings. The number of carbonyl (C=O) groups is 4. The Morgan fingerprint density at radius 3 is 1.28 bits per heavy atom. The topological polar surface area (TPSA) is 298 Å². The second-order valence-corrected chi connectivity index (χ2v) is 33.8. The van der Waals surface area contributed by atoms with Gasteiger partial charge in [-0.2, -0.15) is 0 Å². The van der Waals surface area contributed by atoms with Gasteiger partial charge in [0.15, 0.2) is 12.5 Å². The van der Waals surface area contributed by atoms with E-state index < -0.39 is 121 Å². The number of hydrogen-bond donors (Lipinski definition) is 8. The highest BCUT2D eigenvalue weighted by Gasteiger charge is 2.54. The van der Waals surface area contributed by atoms with Crippen molar-refractivity contribution in [2.45, 2.75) is 222 Å². The first-order valence-corrected chi connectivity index (χ1v) is 42.9. The third kappa shape index (κ3) is 18.0. The number of aromatic amines is 2. The van der Waals surface area contributed by atoms with Crippen LogP contribution in [0.4, 0.5) is 42.4 Å². The van der Waals surface area contributed by atoms with Crippen molar-refractivity contribution in [2.75, 3.05) is 31.1 Å². The summed E-state index contributed by atoms with van der Waals surface area (Å²) in [5.74, 6) is -2.50. The molecule has 28 heteroatoms. The first kappa shape index (κ1) is 85.8. The fraction of sp³-hybridized carbons (Fsp3) is 0.402. The number of nitrogens with zero attached hydrogens (tertiary/aromatic N) is 6. The fourth-order valence-corrected chi connectivity index (χ4v) is 19.8. The maximum absolute atomic E-state index is 15.5. The van der Waals surface area contributed by atoms with Crippen molar-refractivity contribution in [3.05, 3.63) is 268 Å². The summed E-state index contributed by atoms with van der Waals surface area (Å²) in [6.45, 7) is 5.54.